The summed E-state index contributed by atoms with van der Waals surface area (Å²) in [5, 5.41) is 12.3. The molecule has 1 aromatic heterocycles. The zero-order valence-electron chi connectivity index (χ0n) is 11.6. The van der Waals surface area contributed by atoms with Crippen molar-refractivity contribution < 1.29 is 14.7 Å². The van der Waals surface area contributed by atoms with E-state index in [1.54, 1.807) is 0 Å². The number of rotatable bonds is 5. The zero-order chi connectivity index (χ0) is 14.7. The van der Waals surface area contributed by atoms with Crippen LogP contribution in [0.4, 0.5) is 0 Å². The lowest BCUT2D eigenvalue weighted by molar-refractivity contribution is -0.137. The van der Waals surface area contributed by atoms with Crippen LogP contribution in [0, 0.1) is 13.8 Å². The highest BCUT2D eigenvalue weighted by Crippen LogP contribution is 2.22. The number of aryl methyl sites for hydroxylation is 2. The third-order valence-corrected chi connectivity index (χ3v) is 3.44. The Balaban J connectivity index is 2.07. The molecule has 0 aliphatic rings. The molecule has 0 fully saturated rings. The van der Waals surface area contributed by atoms with Crippen molar-refractivity contribution in [1.82, 2.24) is 10.3 Å². The molecule has 0 bridgehead atoms. The van der Waals surface area contributed by atoms with Crippen molar-refractivity contribution in [2.45, 2.75) is 26.7 Å². The van der Waals surface area contributed by atoms with Crippen molar-refractivity contribution >= 4 is 22.8 Å². The summed E-state index contributed by atoms with van der Waals surface area (Å²) in [7, 11) is 0. The fourth-order valence-corrected chi connectivity index (χ4v) is 2.12. The predicted molar refractivity (Wildman–Crippen MR) is 77.0 cm³/mol. The summed E-state index contributed by atoms with van der Waals surface area (Å²) in [6.45, 7) is 4.42. The summed E-state index contributed by atoms with van der Waals surface area (Å²) in [6.07, 6.45) is 0.491. The molecule has 1 aromatic carbocycles. The number of hydrogen-bond donors (Lipinski definition) is 3. The predicted octanol–water partition coefficient (Wildman–Crippen LogP) is 2.38. The van der Waals surface area contributed by atoms with Crippen molar-refractivity contribution in [3.05, 3.63) is 35.0 Å². The summed E-state index contributed by atoms with van der Waals surface area (Å²) >= 11 is 0. The van der Waals surface area contributed by atoms with Gasteiger partial charge in [-0.2, -0.15) is 0 Å². The number of aromatic amines is 1. The number of carboxylic acid groups (broad SMARTS) is 1. The van der Waals surface area contributed by atoms with Crippen molar-refractivity contribution in [1.29, 1.82) is 0 Å². The molecular formula is C15H18N2O3. The van der Waals surface area contributed by atoms with E-state index in [2.05, 4.69) is 10.3 Å². The maximum atomic E-state index is 12.0. The highest BCUT2D eigenvalue weighted by Gasteiger charge is 2.11. The van der Waals surface area contributed by atoms with Crippen LogP contribution in [0.5, 0.6) is 0 Å². The molecule has 0 saturated heterocycles. The Kier molecular flexibility index (Phi) is 4.08. The maximum absolute atomic E-state index is 12.0. The Morgan fingerprint density at radius 2 is 2.05 bits per heavy atom. The number of carbonyl (C=O) groups is 2. The van der Waals surface area contributed by atoms with Gasteiger partial charge in [-0.1, -0.05) is 6.07 Å². The van der Waals surface area contributed by atoms with E-state index in [0.717, 1.165) is 16.5 Å². The van der Waals surface area contributed by atoms with Gasteiger partial charge < -0.3 is 15.4 Å². The van der Waals surface area contributed by atoms with Crippen molar-refractivity contribution in [3.63, 3.8) is 0 Å². The fraction of sp³-hybridized carbons (Fsp3) is 0.333. The molecule has 0 aliphatic heterocycles. The molecule has 0 unspecified atom stereocenters. The fourth-order valence-electron chi connectivity index (χ4n) is 2.12. The number of aliphatic carboxylic acids is 1. The van der Waals surface area contributed by atoms with Crippen LogP contribution in [0.3, 0.4) is 0 Å². The normalized spacial score (nSPS) is 10.7. The monoisotopic (exact) mass is 274 g/mol. The number of carbonyl (C=O) groups excluding carboxylic acids is 1. The number of nitrogens with one attached hydrogen (secondary N) is 2. The average molecular weight is 274 g/mol. The summed E-state index contributed by atoms with van der Waals surface area (Å²) in [4.78, 5) is 25.4. The van der Waals surface area contributed by atoms with E-state index < -0.39 is 5.97 Å². The Morgan fingerprint density at radius 3 is 2.75 bits per heavy atom. The second kappa shape index (κ2) is 5.77. The number of aromatic nitrogens is 1. The van der Waals surface area contributed by atoms with Gasteiger partial charge in [0.25, 0.3) is 5.91 Å². The van der Waals surface area contributed by atoms with E-state index in [0.29, 0.717) is 18.7 Å². The molecular weight excluding hydrogens is 256 g/mol. The van der Waals surface area contributed by atoms with Gasteiger partial charge in [0.15, 0.2) is 0 Å². The first-order chi connectivity index (χ1) is 9.49. The lowest BCUT2D eigenvalue weighted by atomic mass is 10.1. The van der Waals surface area contributed by atoms with E-state index in [-0.39, 0.29) is 12.3 Å². The number of amides is 1. The minimum absolute atomic E-state index is 0.0608. The molecule has 0 radical (unpaired) electrons. The minimum Gasteiger partial charge on any atom is -0.481 e. The topological polar surface area (TPSA) is 82.2 Å². The van der Waals surface area contributed by atoms with Crippen LogP contribution in [-0.2, 0) is 4.79 Å². The number of H-pyrrole nitrogens is 1. The van der Waals surface area contributed by atoms with Gasteiger partial charge in [-0.3, -0.25) is 9.59 Å². The van der Waals surface area contributed by atoms with Crippen LogP contribution < -0.4 is 5.32 Å². The molecule has 106 valence electrons. The highest BCUT2D eigenvalue weighted by molar-refractivity contribution is 5.99. The van der Waals surface area contributed by atoms with Gasteiger partial charge in [0.05, 0.1) is 0 Å². The third-order valence-electron chi connectivity index (χ3n) is 3.44. The molecule has 5 heteroatoms. The second-order valence-electron chi connectivity index (χ2n) is 4.90. The molecule has 0 spiro atoms. The molecule has 5 nitrogen and oxygen atoms in total. The van der Waals surface area contributed by atoms with Crippen molar-refractivity contribution in [3.8, 4) is 0 Å². The van der Waals surface area contributed by atoms with Crippen LogP contribution in [0.2, 0.25) is 0 Å². The van der Waals surface area contributed by atoms with Crippen molar-refractivity contribution in [2.24, 2.45) is 0 Å². The van der Waals surface area contributed by atoms with Gasteiger partial charge in [0.2, 0.25) is 0 Å². The lowest BCUT2D eigenvalue weighted by Gasteiger charge is -2.01. The molecule has 1 heterocycles. The standard InChI is InChI=1S/C15H18N2O3/c1-9-5-6-12-11(10(9)2)8-13(17-12)15(20)16-7-3-4-14(18)19/h5-6,8,17H,3-4,7H2,1-2H3,(H,16,20)(H,18,19). The van der Waals surface area contributed by atoms with E-state index in [9.17, 15) is 9.59 Å². The van der Waals surface area contributed by atoms with Gasteiger partial charge in [0.1, 0.15) is 5.69 Å². The van der Waals surface area contributed by atoms with Gasteiger partial charge in [-0.05, 0) is 43.5 Å². The first-order valence-corrected chi connectivity index (χ1v) is 6.58. The molecule has 0 saturated carbocycles. The number of benzene rings is 1. The van der Waals surface area contributed by atoms with Crippen LogP contribution >= 0.6 is 0 Å². The zero-order valence-corrected chi connectivity index (χ0v) is 11.6. The Morgan fingerprint density at radius 1 is 1.30 bits per heavy atom. The summed E-state index contributed by atoms with van der Waals surface area (Å²) in [6, 6.07) is 5.81. The number of carboxylic acids is 1. The van der Waals surface area contributed by atoms with E-state index in [1.165, 1.54) is 5.56 Å². The maximum Gasteiger partial charge on any atom is 0.303 e. The quantitative estimate of drug-likeness (QED) is 0.732. The van der Waals surface area contributed by atoms with Crippen LogP contribution in [-0.4, -0.2) is 28.5 Å². The average Bonchev–Trinajstić information content (AvgIpc) is 2.83. The molecule has 2 aromatic rings. The smallest absolute Gasteiger partial charge is 0.303 e. The summed E-state index contributed by atoms with van der Waals surface area (Å²) in [5.41, 5.74) is 3.78. The van der Waals surface area contributed by atoms with E-state index in [1.807, 2.05) is 32.0 Å². The molecule has 3 N–H and O–H groups in total. The Bertz CT molecular complexity index is 658. The van der Waals surface area contributed by atoms with Gasteiger partial charge in [-0.15, -0.1) is 0 Å². The summed E-state index contributed by atoms with van der Waals surface area (Å²) in [5.74, 6) is -1.06. The summed E-state index contributed by atoms with van der Waals surface area (Å²) < 4.78 is 0. The Hall–Kier alpha value is -2.30. The lowest BCUT2D eigenvalue weighted by Crippen LogP contribution is -2.25. The molecule has 2 rings (SSSR count). The molecule has 20 heavy (non-hydrogen) atoms. The number of hydrogen-bond acceptors (Lipinski definition) is 2. The van der Waals surface area contributed by atoms with Gasteiger partial charge in [0, 0.05) is 23.9 Å². The Labute approximate surface area is 117 Å². The third kappa shape index (κ3) is 2.99. The first-order valence-electron chi connectivity index (χ1n) is 6.58. The SMILES string of the molecule is Cc1ccc2[nH]c(C(=O)NCCCC(=O)O)cc2c1C. The molecule has 0 aliphatic carbocycles. The minimum atomic E-state index is -0.851. The molecule has 0 atom stereocenters. The van der Waals surface area contributed by atoms with E-state index in [4.69, 9.17) is 5.11 Å². The van der Waals surface area contributed by atoms with Gasteiger partial charge >= 0.3 is 5.97 Å². The second-order valence-corrected chi connectivity index (χ2v) is 4.90. The van der Waals surface area contributed by atoms with Crippen LogP contribution in [0.1, 0.15) is 34.5 Å². The van der Waals surface area contributed by atoms with Gasteiger partial charge in [-0.25, -0.2) is 0 Å². The first kappa shape index (κ1) is 14.1. The van der Waals surface area contributed by atoms with Crippen LogP contribution in [0.15, 0.2) is 18.2 Å². The van der Waals surface area contributed by atoms with Crippen LogP contribution in [0.25, 0.3) is 10.9 Å². The molecule has 1 amide bonds. The highest BCUT2D eigenvalue weighted by atomic mass is 16.4. The van der Waals surface area contributed by atoms with E-state index >= 15 is 0 Å². The van der Waals surface area contributed by atoms with Crippen molar-refractivity contribution in [2.75, 3.05) is 6.54 Å². The largest absolute Gasteiger partial charge is 0.481 e. The number of fused-ring (bicyclic) bond motifs is 1.